The van der Waals surface area contributed by atoms with Crippen molar-refractivity contribution in [1.29, 1.82) is 0 Å². The normalized spacial score (nSPS) is 11.6. The molecule has 0 fully saturated rings. The zero-order valence-corrected chi connectivity index (χ0v) is 15.2. The van der Waals surface area contributed by atoms with Crippen LogP contribution in [0.2, 0.25) is 5.28 Å². The number of nitrogens with zero attached hydrogens (tertiary/aromatic N) is 3. The summed E-state index contributed by atoms with van der Waals surface area (Å²) in [5.41, 5.74) is 1.10. The molecular formula is C18H18ClN3O3. The average Bonchev–Trinajstić information content (AvgIpc) is 2.92. The van der Waals surface area contributed by atoms with E-state index in [1.165, 1.54) is 4.57 Å². The number of fused-ring (bicyclic) bond motifs is 1. The van der Waals surface area contributed by atoms with E-state index in [9.17, 15) is 4.79 Å². The molecule has 1 aromatic carbocycles. The zero-order valence-electron chi connectivity index (χ0n) is 14.4. The molecule has 6 nitrogen and oxygen atoms in total. The highest BCUT2D eigenvalue weighted by Crippen LogP contribution is 2.33. The smallest absolute Gasteiger partial charge is 0.419 e. The molecule has 2 heterocycles. The van der Waals surface area contributed by atoms with Crippen LogP contribution in [0.5, 0.6) is 5.75 Å². The molecule has 0 radical (unpaired) electrons. The van der Waals surface area contributed by atoms with Crippen molar-refractivity contribution in [3.05, 3.63) is 41.8 Å². The van der Waals surface area contributed by atoms with E-state index in [0.717, 1.165) is 5.39 Å². The first kappa shape index (κ1) is 17.2. The molecule has 3 rings (SSSR count). The summed E-state index contributed by atoms with van der Waals surface area (Å²) in [7, 11) is 1.58. The van der Waals surface area contributed by atoms with E-state index in [-0.39, 0.29) is 5.28 Å². The maximum atomic E-state index is 12.8. The van der Waals surface area contributed by atoms with Gasteiger partial charge in [-0.25, -0.2) is 19.3 Å². The van der Waals surface area contributed by atoms with Crippen molar-refractivity contribution in [3.63, 3.8) is 0 Å². The van der Waals surface area contributed by atoms with Gasteiger partial charge in [-0.2, -0.15) is 0 Å². The Kier molecular flexibility index (Phi) is 4.39. The number of hydrogen-bond donors (Lipinski definition) is 0. The van der Waals surface area contributed by atoms with E-state index >= 15 is 0 Å². The highest BCUT2D eigenvalue weighted by molar-refractivity contribution is 6.28. The first-order valence-electron chi connectivity index (χ1n) is 7.71. The topological polar surface area (TPSA) is 66.2 Å². The van der Waals surface area contributed by atoms with Gasteiger partial charge < -0.3 is 9.47 Å². The SMILES string of the molecule is COc1cccc2c1cc(-c1ccnc(Cl)n1)n2C(=O)OC(C)(C)C. The van der Waals surface area contributed by atoms with Crippen LogP contribution < -0.4 is 4.74 Å². The third kappa shape index (κ3) is 3.44. The molecule has 0 amide bonds. The fourth-order valence-corrected chi connectivity index (χ4v) is 2.70. The van der Waals surface area contributed by atoms with E-state index in [2.05, 4.69) is 9.97 Å². The summed E-state index contributed by atoms with van der Waals surface area (Å²) in [6, 6.07) is 9.00. The highest BCUT2D eigenvalue weighted by atomic mass is 35.5. The third-order valence-corrected chi connectivity index (χ3v) is 3.67. The third-order valence-electron chi connectivity index (χ3n) is 3.49. The van der Waals surface area contributed by atoms with E-state index in [1.54, 1.807) is 19.4 Å². The van der Waals surface area contributed by atoms with Gasteiger partial charge in [0, 0.05) is 11.6 Å². The van der Waals surface area contributed by atoms with Crippen molar-refractivity contribution in [2.24, 2.45) is 0 Å². The molecule has 0 N–H and O–H groups in total. The summed E-state index contributed by atoms with van der Waals surface area (Å²) in [4.78, 5) is 20.9. The summed E-state index contributed by atoms with van der Waals surface area (Å²) in [6.07, 6.45) is 1.04. The van der Waals surface area contributed by atoms with Crippen LogP contribution in [0.3, 0.4) is 0 Å². The lowest BCUT2D eigenvalue weighted by atomic mass is 10.2. The van der Waals surface area contributed by atoms with E-state index in [0.29, 0.717) is 22.7 Å². The van der Waals surface area contributed by atoms with Gasteiger partial charge in [-0.15, -0.1) is 0 Å². The van der Waals surface area contributed by atoms with Gasteiger partial charge in [0.1, 0.15) is 11.4 Å². The Bertz CT molecular complexity index is 944. The first-order chi connectivity index (χ1) is 11.8. The lowest BCUT2D eigenvalue weighted by Gasteiger charge is -2.21. The van der Waals surface area contributed by atoms with Crippen molar-refractivity contribution in [3.8, 4) is 17.1 Å². The molecule has 0 spiro atoms. The Balaban J connectivity index is 2.28. The Labute approximate surface area is 150 Å². The Hall–Kier alpha value is -2.60. The van der Waals surface area contributed by atoms with Crippen LogP contribution in [0.1, 0.15) is 20.8 Å². The molecule has 7 heteroatoms. The lowest BCUT2D eigenvalue weighted by molar-refractivity contribution is 0.0547. The van der Waals surface area contributed by atoms with Crippen molar-refractivity contribution in [1.82, 2.24) is 14.5 Å². The summed E-state index contributed by atoms with van der Waals surface area (Å²) in [5.74, 6) is 0.654. The quantitative estimate of drug-likeness (QED) is 0.628. The maximum absolute atomic E-state index is 12.8. The van der Waals surface area contributed by atoms with Gasteiger partial charge >= 0.3 is 6.09 Å². The van der Waals surface area contributed by atoms with E-state index in [4.69, 9.17) is 21.1 Å². The molecule has 0 atom stereocenters. The number of methoxy groups -OCH3 is 1. The molecule has 3 aromatic rings. The Morgan fingerprint density at radius 3 is 2.64 bits per heavy atom. The standard InChI is InChI=1S/C18H18ClN3O3/c1-18(2,3)25-17(23)22-13-6-5-7-15(24-4)11(13)10-14(22)12-8-9-20-16(19)21-12/h5-10H,1-4H3. The number of hydrogen-bond acceptors (Lipinski definition) is 5. The average molecular weight is 360 g/mol. The predicted molar refractivity (Wildman–Crippen MR) is 96.2 cm³/mol. The second kappa shape index (κ2) is 6.37. The minimum absolute atomic E-state index is 0.102. The lowest BCUT2D eigenvalue weighted by Crippen LogP contribution is -2.27. The van der Waals surface area contributed by atoms with Gasteiger partial charge in [-0.05, 0) is 56.6 Å². The highest BCUT2D eigenvalue weighted by Gasteiger charge is 2.24. The fraction of sp³-hybridized carbons (Fsp3) is 0.278. The molecule has 25 heavy (non-hydrogen) atoms. The van der Waals surface area contributed by atoms with Crippen LogP contribution in [0.25, 0.3) is 22.3 Å². The van der Waals surface area contributed by atoms with Gasteiger partial charge in [0.05, 0.1) is 24.0 Å². The largest absolute Gasteiger partial charge is 0.496 e. The van der Waals surface area contributed by atoms with Crippen LogP contribution in [-0.2, 0) is 4.74 Å². The molecule has 0 aliphatic rings. The molecule has 0 bridgehead atoms. The van der Waals surface area contributed by atoms with Crippen LogP contribution in [0, 0.1) is 0 Å². The summed E-state index contributed by atoms with van der Waals surface area (Å²) < 4.78 is 12.4. The molecule has 0 aliphatic heterocycles. The number of carbonyl (C=O) groups excluding carboxylic acids is 1. The van der Waals surface area contributed by atoms with Crippen LogP contribution in [-0.4, -0.2) is 33.3 Å². The monoisotopic (exact) mass is 359 g/mol. The Morgan fingerprint density at radius 1 is 1.24 bits per heavy atom. The van der Waals surface area contributed by atoms with Crippen molar-refractivity contribution in [2.45, 2.75) is 26.4 Å². The first-order valence-corrected chi connectivity index (χ1v) is 8.08. The van der Waals surface area contributed by atoms with Crippen molar-refractivity contribution < 1.29 is 14.3 Å². The molecule has 0 aliphatic carbocycles. The van der Waals surface area contributed by atoms with Crippen LogP contribution in [0.15, 0.2) is 36.5 Å². The molecule has 0 unspecified atom stereocenters. The van der Waals surface area contributed by atoms with Gasteiger partial charge in [0.2, 0.25) is 5.28 Å². The zero-order chi connectivity index (χ0) is 18.2. The molecule has 0 saturated carbocycles. The van der Waals surface area contributed by atoms with Gasteiger partial charge in [-0.1, -0.05) is 6.07 Å². The van der Waals surface area contributed by atoms with E-state index < -0.39 is 11.7 Å². The van der Waals surface area contributed by atoms with Gasteiger partial charge in [0.25, 0.3) is 0 Å². The summed E-state index contributed by atoms with van der Waals surface area (Å²) >= 11 is 5.92. The van der Waals surface area contributed by atoms with Crippen LogP contribution in [0.4, 0.5) is 4.79 Å². The minimum Gasteiger partial charge on any atom is -0.496 e. The maximum Gasteiger partial charge on any atom is 0.419 e. The molecule has 130 valence electrons. The fourth-order valence-electron chi connectivity index (χ4n) is 2.55. The van der Waals surface area contributed by atoms with Gasteiger partial charge in [0.15, 0.2) is 0 Å². The van der Waals surface area contributed by atoms with Crippen LogP contribution >= 0.6 is 11.6 Å². The number of halogens is 1. The Morgan fingerprint density at radius 2 is 2.00 bits per heavy atom. The summed E-state index contributed by atoms with van der Waals surface area (Å²) in [6.45, 7) is 5.45. The molecule has 0 saturated heterocycles. The predicted octanol–water partition coefficient (Wildman–Crippen LogP) is 4.54. The number of ether oxygens (including phenoxy) is 2. The van der Waals surface area contributed by atoms with E-state index in [1.807, 2.05) is 45.0 Å². The number of rotatable bonds is 2. The second-order valence-corrected chi connectivity index (χ2v) is 6.79. The minimum atomic E-state index is -0.632. The van der Waals surface area contributed by atoms with Crippen molar-refractivity contribution >= 4 is 28.6 Å². The number of carbonyl (C=O) groups is 1. The number of benzene rings is 1. The van der Waals surface area contributed by atoms with Gasteiger partial charge in [-0.3, -0.25) is 0 Å². The molecule has 2 aromatic heterocycles. The summed E-state index contributed by atoms with van der Waals surface area (Å²) in [5, 5.41) is 0.881. The van der Waals surface area contributed by atoms with Crippen molar-refractivity contribution in [2.75, 3.05) is 7.11 Å². The molecular weight excluding hydrogens is 342 g/mol. The number of aromatic nitrogens is 3. The second-order valence-electron chi connectivity index (χ2n) is 6.45.